The molecule has 0 saturated heterocycles. The number of nitrogens with zero attached hydrogens (tertiary/aromatic N) is 2. The van der Waals surface area contributed by atoms with Crippen molar-refractivity contribution in [3.05, 3.63) is 44.0 Å². The summed E-state index contributed by atoms with van der Waals surface area (Å²) in [6.07, 6.45) is 0. The zero-order valence-corrected chi connectivity index (χ0v) is 16.2. The van der Waals surface area contributed by atoms with E-state index in [4.69, 9.17) is 19.9 Å². The highest BCUT2D eigenvalue weighted by molar-refractivity contribution is 14.1. The van der Waals surface area contributed by atoms with Gasteiger partial charge >= 0.3 is 0 Å². The predicted octanol–water partition coefficient (Wildman–Crippen LogP) is 2.95. The SMILES string of the molecule is CCOc1c(I)cc([C@@H]2C(C#N)=C(N)Oc3n[nH]c(C)c32)cc1OC. The first-order valence-electron chi connectivity index (χ1n) is 7.64. The van der Waals surface area contributed by atoms with Crippen LogP contribution in [0.1, 0.15) is 29.7 Å². The van der Waals surface area contributed by atoms with Crippen LogP contribution in [-0.4, -0.2) is 23.9 Å². The molecule has 0 saturated carbocycles. The van der Waals surface area contributed by atoms with Gasteiger partial charge in [0.1, 0.15) is 11.6 Å². The van der Waals surface area contributed by atoms with Gasteiger partial charge in [0.05, 0.1) is 23.2 Å². The van der Waals surface area contributed by atoms with E-state index in [9.17, 15) is 5.26 Å². The fourth-order valence-electron chi connectivity index (χ4n) is 2.92. The molecule has 0 bridgehead atoms. The average molecular weight is 452 g/mol. The van der Waals surface area contributed by atoms with Gasteiger partial charge in [-0.1, -0.05) is 0 Å². The number of hydrogen-bond donors (Lipinski definition) is 2. The molecule has 8 heteroatoms. The van der Waals surface area contributed by atoms with Crippen LogP contribution in [0.3, 0.4) is 0 Å². The summed E-state index contributed by atoms with van der Waals surface area (Å²) in [7, 11) is 1.59. The molecule has 25 heavy (non-hydrogen) atoms. The van der Waals surface area contributed by atoms with Crippen LogP contribution in [0.5, 0.6) is 17.4 Å². The van der Waals surface area contributed by atoms with Crippen molar-refractivity contribution in [2.24, 2.45) is 5.73 Å². The van der Waals surface area contributed by atoms with Gasteiger partial charge in [-0.2, -0.15) is 5.26 Å². The third kappa shape index (κ3) is 2.89. The van der Waals surface area contributed by atoms with Crippen molar-refractivity contribution < 1.29 is 14.2 Å². The van der Waals surface area contributed by atoms with E-state index in [1.807, 2.05) is 26.0 Å². The third-order valence-corrected chi connectivity index (χ3v) is 4.80. The number of rotatable bonds is 4. The van der Waals surface area contributed by atoms with Crippen LogP contribution in [0.25, 0.3) is 0 Å². The van der Waals surface area contributed by atoms with Gasteiger partial charge in [0.2, 0.25) is 11.8 Å². The lowest BCUT2D eigenvalue weighted by molar-refractivity contribution is 0.308. The lowest BCUT2D eigenvalue weighted by Gasteiger charge is -2.24. The topological polar surface area (TPSA) is 106 Å². The minimum Gasteiger partial charge on any atom is -0.493 e. The summed E-state index contributed by atoms with van der Waals surface area (Å²) in [5.41, 5.74) is 8.78. The number of aromatic amines is 1. The Morgan fingerprint density at radius 1 is 1.48 bits per heavy atom. The number of H-pyrrole nitrogens is 1. The van der Waals surface area contributed by atoms with Gasteiger partial charge in [0.25, 0.3) is 0 Å². The van der Waals surface area contributed by atoms with E-state index < -0.39 is 0 Å². The van der Waals surface area contributed by atoms with E-state index in [2.05, 4.69) is 38.9 Å². The summed E-state index contributed by atoms with van der Waals surface area (Å²) < 4.78 is 17.5. The molecular formula is C17H17IN4O3. The fraction of sp³-hybridized carbons (Fsp3) is 0.294. The molecule has 0 fully saturated rings. The molecule has 3 N–H and O–H groups in total. The normalized spacial score (nSPS) is 16.0. The first kappa shape index (κ1) is 17.4. The Bertz CT molecular complexity index is 898. The molecule has 1 aliphatic rings. The van der Waals surface area contributed by atoms with Crippen LogP contribution >= 0.6 is 22.6 Å². The van der Waals surface area contributed by atoms with Gasteiger partial charge in [-0.15, -0.1) is 5.10 Å². The maximum atomic E-state index is 9.63. The number of aromatic nitrogens is 2. The Labute approximate surface area is 158 Å². The summed E-state index contributed by atoms with van der Waals surface area (Å²) in [6, 6.07) is 6.00. The highest BCUT2D eigenvalue weighted by Crippen LogP contribution is 2.45. The molecule has 1 aliphatic heterocycles. The number of fused-ring (bicyclic) bond motifs is 1. The average Bonchev–Trinajstić information content (AvgIpc) is 2.95. The van der Waals surface area contributed by atoms with E-state index in [1.54, 1.807) is 7.11 Å². The van der Waals surface area contributed by atoms with Crippen molar-refractivity contribution in [1.29, 1.82) is 5.26 Å². The van der Waals surface area contributed by atoms with Gasteiger partial charge < -0.3 is 19.9 Å². The lowest BCUT2D eigenvalue weighted by Crippen LogP contribution is -2.21. The second kappa shape index (κ2) is 6.84. The molecule has 0 unspecified atom stereocenters. The van der Waals surface area contributed by atoms with Crippen molar-refractivity contribution in [3.63, 3.8) is 0 Å². The number of nitrogens with two attached hydrogens (primary N) is 1. The molecule has 1 aromatic heterocycles. The van der Waals surface area contributed by atoms with Crippen molar-refractivity contribution in [2.75, 3.05) is 13.7 Å². The minimum atomic E-state index is -0.384. The summed E-state index contributed by atoms with van der Waals surface area (Å²) in [6.45, 7) is 4.33. The minimum absolute atomic E-state index is 0.0642. The molecule has 130 valence electrons. The quantitative estimate of drug-likeness (QED) is 0.692. The monoisotopic (exact) mass is 452 g/mol. The zero-order valence-electron chi connectivity index (χ0n) is 14.0. The van der Waals surface area contributed by atoms with E-state index >= 15 is 0 Å². The van der Waals surface area contributed by atoms with Gasteiger partial charge in [0, 0.05) is 11.3 Å². The number of nitrogens with one attached hydrogen (secondary N) is 1. The Morgan fingerprint density at radius 2 is 2.24 bits per heavy atom. The standard InChI is InChI=1S/C17H17IN4O3/c1-4-24-15-11(18)5-9(6-12(15)23-3)14-10(7-19)16(20)25-17-13(14)8(2)21-22-17/h5-6,14H,4,20H2,1-3H3,(H,21,22)/t14-/m1/s1. The number of aryl methyl sites for hydroxylation is 1. The van der Waals surface area contributed by atoms with Gasteiger partial charge in [-0.05, 0) is 54.1 Å². The number of halogens is 1. The summed E-state index contributed by atoms with van der Waals surface area (Å²) >= 11 is 2.20. The maximum Gasteiger partial charge on any atom is 0.244 e. The summed E-state index contributed by atoms with van der Waals surface area (Å²) in [5.74, 6) is 1.36. The molecule has 2 aromatic rings. The zero-order chi connectivity index (χ0) is 18.1. The lowest BCUT2D eigenvalue weighted by atomic mass is 9.84. The van der Waals surface area contributed by atoms with Crippen LogP contribution < -0.4 is 19.9 Å². The molecule has 2 heterocycles. The van der Waals surface area contributed by atoms with E-state index in [0.29, 0.717) is 29.6 Å². The fourth-order valence-corrected chi connectivity index (χ4v) is 3.70. The van der Waals surface area contributed by atoms with Gasteiger partial charge in [-0.25, -0.2) is 0 Å². The molecule has 1 aromatic carbocycles. The third-order valence-electron chi connectivity index (χ3n) is 4.00. The summed E-state index contributed by atoms with van der Waals surface area (Å²) in [4.78, 5) is 0. The van der Waals surface area contributed by atoms with Crippen molar-refractivity contribution >= 4 is 22.6 Å². The Hall–Kier alpha value is -2.41. The van der Waals surface area contributed by atoms with Crippen molar-refractivity contribution in [1.82, 2.24) is 10.2 Å². The van der Waals surface area contributed by atoms with Crippen LogP contribution in [0, 0.1) is 21.8 Å². The number of ether oxygens (including phenoxy) is 3. The summed E-state index contributed by atoms with van der Waals surface area (Å²) in [5, 5.41) is 16.7. The molecule has 0 amide bonds. The largest absolute Gasteiger partial charge is 0.493 e. The van der Waals surface area contributed by atoms with Crippen LogP contribution in [-0.2, 0) is 0 Å². The van der Waals surface area contributed by atoms with Crippen LogP contribution in [0.15, 0.2) is 23.6 Å². The van der Waals surface area contributed by atoms with Gasteiger partial charge in [-0.3, -0.25) is 5.10 Å². The van der Waals surface area contributed by atoms with Crippen LogP contribution in [0.2, 0.25) is 0 Å². The number of allylic oxidation sites excluding steroid dienone is 1. The van der Waals surface area contributed by atoms with E-state index in [1.165, 1.54) is 0 Å². The Balaban J connectivity index is 2.22. The highest BCUT2D eigenvalue weighted by atomic mass is 127. The van der Waals surface area contributed by atoms with E-state index in [-0.39, 0.29) is 11.8 Å². The number of benzene rings is 1. The first-order chi connectivity index (χ1) is 12.0. The smallest absolute Gasteiger partial charge is 0.244 e. The first-order valence-corrected chi connectivity index (χ1v) is 8.72. The Morgan fingerprint density at radius 3 is 2.88 bits per heavy atom. The second-order valence-electron chi connectivity index (χ2n) is 5.46. The van der Waals surface area contributed by atoms with Crippen LogP contribution in [0.4, 0.5) is 0 Å². The maximum absolute atomic E-state index is 9.63. The molecular weight excluding hydrogens is 435 g/mol. The molecule has 0 aliphatic carbocycles. The van der Waals surface area contributed by atoms with Crippen molar-refractivity contribution in [2.45, 2.75) is 19.8 Å². The van der Waals surface area contributed by atoms with Crippen molar-refractivity contribution in [3.8, 4) is 23.4 Å². The predicted molar refractivity (Wildman–Crippen MR) is 99.5 cm³/mol. The second-order valence-corrected chi connectivity index (χ2v) is 6.62. The Kier molecular flexibility index (Phi) is 4.76. The number of methoxy groups -OCH3 is 1. The van der Waals surface area contributed by atoms with E-state index in [0.717, 1.165) is 20.4 Å². The molecule has 3 rings (SSSR count). The molecule has 0 spiro atoms. The van der Waals surface area contributed by atoms with Gasteiger partial charge in [0.15, 0.2) is 11.5 Å². The number of nitriles is 1. The molecule has 0 radical (unpaired) electrons. The molecule has 1 atom stereocenters. The highest BCUT2D eigenvalue weighted by Gasteiger charge is 2.35. The molecule has 7 nitrogen and oxygen atoms in total. The number of hydrogen-bond acceptors (Lipinski definition) is 6.